The molecule has 2 nitrogen and oxygen atoms in total. The van der Waals surface area contributed by atoms with E-state index >= 15 is 0 Å². The van der Waals surface area contributed by atoms with Gasteiger partial charge in [-0.3, -0.25) is 4.68 Å². The maximum absolute atomic E-state index is 4.27. The highest BCUT2D eigenvalue weighted by Crippen LogP contribution is 2.01. The van der Waals surface area contributed by atoms with Crippen LogP contribution in [0.5, 0.6) is 0 Å². The molecule has 0 saturated carbocycles. The van der Waals surface area contributed by atoms with Gasteiger partial charge in [-0.1, -0.05) is 13.8 Å². The van der Waals surface area contributed by atoms with Crippen molar-refractivity contribution in [1.82, 2.24) is 9.78 Å². The maximum Gasteiger partial charge on any atom is 0.0635 e. The summed E-state index contributed by atoms with van der Waals surface area (Å²) in [6, 6.07) is 2.09. The molecular formula is C9H18N2S. The van der Waals surface area contributed by atoms with Crippen molar-refractivity contribution in [2.24, 2.45) is 7.05 Å². The molecule has 0 saturated heterocycles. The third kappa shape index (κ3) is 3.30. The molecule has 0 aliphatic carbocycles. The summed E-state index contributed by atoms with van der Waals surface area (Å²) in [5.74, 6) is 0.871. The summed E-state index contributed by atoms with van der Waals surface area (Å²) < 4.78 is 1.89. The van der Waals surface area contributed by atoms with Crippen LogP contribution in [0.1, 0.15) is 25.2 Å². The Morgan fingerprint density at radius 1 is 1.50 bits per heavy atom. The lowest BCUT2D eigenvalue weighted by Crippen LogP contribution is -1.94. The molecular weight excluding hydrogens is 168 g/mol. The molecule has 0 amide bonds. The number of rotatable bonds is 2. The molecule has 0 aromatic carbocycles. The van der Waals surface area contributed by atoms with E-state index in [-0.39, 0.29) is 0 Å². The number of hydrogen-bond donors (Lipinski definition) is 1. The summed E-state index contributed by atoms with van der Waals surface area (Å²) in [6.45, 7) is 6.05. The molecule has 0 bridgehead atoms. The van der Waals surface area contributed by atoms with E-state index in [2.05, 4.69) is 30.7 Å². The Morgan fingerprint density at radius 3 is 2.42 bits per heavy atom. The van der Waals surface area contributed by atoms with Crippen LogP contribution in [0, 0.1) is 6.92 Å². The SMILES string of the molecule is CC.Cc1cc(CCS)nn1C. The Bertz CT molecular complexity index is 199. The number of hydrogen-bond acceptors (Lipinski definition) is 2. The third-order valence-corrected chi connectivity index (χ3v) is 1.76. The maximum atomic E-state index is 4.27. The van der Waals surface area contributed by atoms with Gasteiger partial charge in [-0.05, 0) is 18.7 Å². The lowest BCUT2D eigenvalue weighted by molar-refractivity contribution is 0.724. The summed E-state index contributed by atoms with van der Waals surface area (Å²) in [7, 11) is 1.96. The van der Waals surface area contributed by atoms with E-state index < -0.39 is 0 Å². The molecule has 1 aromatic rings. The Balaban J connectivity index is 0.000000561. The quantitative estimate of drug-likeness (QED) is 0.701. The summed E-state index contributed by atoms with van der Waals surface area (Å²) in [6.07, 6.45) is 0.963. The van der Waals surface area contributed by atoms with Gasteiger partial charge in [0.1, 0.15) is 0 Å². The fraction of sp³-hybridized carbons (Fsp3) is 0.667. The van der Waals surface area contributed by atoms with E-state index in [0.717, 1.165) is 17.9 Å². The number of nitrogens with zero attached hydrogens (tertiary/aromatic N) is 2. The van der Waals surface area contributed by atoms with Crippen molar-refractivity contribution < 1.29 is 0 Å². The monoisotopic (exact) mass is 186 g/mol. The molecule has 3 heteroatoms. The lowest BCUT2D eigenvalue weighted by Gasteiger charge is -1.89. The molecule has 0 radical (unpaired) electrons. The summed E-state index contributed by atoms with van der Waals surface area (Å²) in [5, 5.41) is 4.27. The van der Waals surface area contributed by atoms with Gasteiger partial charge in [-0.2, -0.15) is 17.7 Å². The molecule has 0 fully saturated rings. The fourth-order valence-corrected chi connectivity index (χ4v) is 1.10. The Kier molecular flexibility index (Phi) is 5.89. The first-order valence-electron chi connectivity index (χ1n) is 4.34. The zero-order valence-electron chi connectivity index (χ0n) is 8.33. The van der Waals surface area contributed by atoms with Gasteiger partial charge >= 0.3 is 0 Å². The topological polar surface area (TPSA) is 17.8 Å². The molecule has 1 rings (SSSR count). The first-order chi connectivity index (χ1) is 5.74. The largest absolute Gasteiger partial charge is 0.273 e. The standard InChI is InChI=1S/C7H12N2S.C2H6/c1-6-5-7(3-4-10)8-9(6)2;1-2/h5,10H,3-4H2,1-2H3;1-2H3. The summed E-state index contributed by atoms with van der Waals surface area (Å²) >= 11 is 4.13. The van der Waals surface area contributed by atoms with Gasteiger partial charge < -0.3 is 0 Å². The zero-order chi connectivity index (χ0) is 9.56. The molecule has 0 spiro atoms. The van der Waals surface area contributed by atoms with Crippen molar-refractivity contribution in [3.63, 3.8) is 0 Å². The Hall–Kier alpha value is -0.440. The molecule has 70 valence electrons. The van der Waals surface area contributed by atoms with Gasteiger partial charge in [0.2, 0.25) is 0 Å². The molecule has 1 heterocycles. The Labute approximate surface area is 80.4 Å². The van der Waals surface area contributed by atoms with Gasteiger partial charge in [0.05, 0.1) is 5.69 Å². The van der Waals surface area contributed by atoms with Crippen LogP contribution in [-0.2, 0) is 13.5 Å². The van der Waals surface area contributed by atoms with Gasteiger partial charge in [0.15, 0.2) is 0 Å². The van der Waals surface area contributed by atoms with Crippen molar-refractivity contribution in [3.05, 3.63) is 17.5 Å². The van der Waals surface area contributed by atoms with Gasteiger partial charge in [0.25, 0.3) is 0 Å². The summed E-state index contributed by atoms with van der Waals surface area (Å²) in [5.41, 5.74) is 2.34. The second-order valence-corrected chi connectivity index (χ2v) is 2.82. The second-order valence-electron chi connectivity index (χ2n) is 2.37. The smallest absolute Gasteiger partial charge is 0.0635 e. The molecule has 12 heavy (non-hydrogen) atoms. The van der Waals surface area contributed by atoms with E-state index in [0.29, 0.717) is 0 Å². The van der Waals surface area contributed by atoms with E-state index in [1.807, 2.05) is 25.6 Å². The highest BCUT2D eigenvalue weighted by atomic mass is 32.1. The van der Waals surface area contributed by atoms with E-state index in [9.17, 15) is 0 Å². The predicted octanol–water partition coefficient (Wildman–Crippen LogP) is 2.23. The van der Waals surface area contributed by atoms with Crippen LogP contribution >= 0.6 is 12.6 Å². The first kappa shape index (κ1) is 11.6. The number of aryl methyl sites for hydroxylation is 3. The van der Waals surface area contributed by atoms with E-state index in [1.54, 1.807) is 0 Å². The lowest BCUT2D eigenvalue weighted by atomic mass is 10.3. The minimum absolute atomic E-state index is 0.871. The molecule has 1 aromatic heterocycles. The van der Waals surface area contributed by atoms with Gasteiger partial charge in [-0.25, -0.2) is 0 Å². The Morgan fingerprint density at radius 2 is 2.08 bits per heavy atom. The normalized spacial score (nSPS) is 9.08. The minimum Gasteiger partial charge on any atom is -0.273 e. The van der Waals surface area contributed by atoms with E-state index in [4.69, 9.17) is 0 Å². The van der Waals surface area contributed by atoms with Crippen LogP contribution in [0.3, 0.4) is 0 Å². The third-order valence-electron chi connectivity index (χ3n) is 1.53. The second kappa shape index (κ2) is 6.12. The molecule has 0 atom stereocenters. The van der Waals surface area contributed by atoms with Crippen LogP contribution in [0.15, 0.2) is 6.07 Å². The van der Waals surface area contributed by atoms with Gasteiger partial charge in [0, 0.05) is 19.2 Å². The van der Waals surface area contributed by atoms with Crippen LogP contribution in [-0.4, -0.2) is 15.5 Å². The molecule has 0 N–H and O–H groups in total. The molecule has 0 aliphatic rings. The van der Waals surface area contributed by atoms with Crippen molar-refractivity contribution in [2.45, 2.75) is 27.2 Å². The predicted molar refractivity (Wildman–Crippen MR) is 56.9 cm³/mol. The summed E-state index contributed by atoms with van der Waals surface area (Å²) in [4.78, 5) is 0. The first-order valence-corrected chi connectivity index (χ1v) is 4.97. The average molecular weight is 186 g/mol. The van der Waals surface area contributed by atoms with Crippen molar-refractivity contribution in [1.29, 1.82) is 0 Å². The minimum atomic E-state index is 0.871. The fourth-order valence-electron chi connectivity index (χ4n) is 0.872. The number of thiol groups is 1. The van der Waals surface area contributed by atoms with Crippen LogP contribution in [0.4, 0.5) is 0 Å². The van der Waals surface area contributed by atoms with Crippen LogP contribution in [0.2, 0.25) is 0 Å². The highest BCUT2D eigenvalue weighted by molar-refractivity contribution is 7.80. The molecule has 0 aliphatic heterocycles. The van der Waals surface area contributed by atoms with Gasteiger partial charge in [-0.15, -0.1) is 0 Å². The van der Waals surface area contributed by atoms with Crippen LogP contribution < -0.4 is 0 Å². The van der Waals surface area contributed by atoms with E-state index in [1.165, 1.54) is 5.69 Å². The van der Waals surface area contributed by atoms with Crippen molar-refractivity contribution in [3.8, 4) is 0 Å². The van der Waals surface area contributed by atoms with Crippen molar-refractivity contribution in [2.75, 3.05) is 5.75 Å². The number of aromatic nitrogens is 2. The molecule has 0 unspecified atom stereocenters. The average Bonchev–Trinajstić information content (AvgIpc) is 2.36. The van der Waals surface area contributed by atoms with Crippen LogP contribution in [0.25, 0.3) is 0 Å². The van der Waals surface area contributed by atoms with Crippen molar-refractivity contribution >= 4 is 12.6 Å². The zero-order valence-corrected chi connectivity index (χ0v) is 9.23. The highest BCUT2D eigenvalue weighted by Gasteiger charge is 1.97.